The Labute approximate surface area is 204 Å². The highest BCUT2D eigenvalue weighted by Crippen LogP contribution is 2.66. The largest absolute Gasteiger partial charge is 0.356 e. The Bertz CT molecular complexity index is 754. The van der Waals surface area contributed by atoms with Crippen LogP contribution in [0.25, 0.3) is 0 Å². The second-order valence-electron chi connectivity index (χ2n) is 13.2. The number of rotatable bonds is 8. The van der Waals surface area contributed by atoms with Crippen LogP contribution >= 0.6 is 0 Å². The van der Waals surface area contributed by atoms with Gasteiger partial charge in [-0.3, -0.25) is 4.90 Å². The van der Waals surface area contributed by atoms with E-state index in [-0.39, 0.29) is 11.5 Å². The highest BCUT2D eigenvalue weighted by Gasteiger charge is 2.57. The highest BCUT2D eigenvalue weighted by atomic mass is 16.6. The van der Waals surface area contributed by atoms with Crippen LogP contribution in [0.3, 0.4) is 0 Å². The predicted molar refractivity (Wildman–Crippen MR) is 138 cm³/mol. The first-order valence-electron chi connectivity index (χ1n) is 14.0. The minimum Gasteiger partial charge on any atom is -0.356 e. The lowest BCUT2D eigenvalue weighted by Gasteiger charge is -2.55. The van der Waals surface area contributed by atoms with E-state index in [1.807, 2.05) is 14.1 Å². The molecule has 1 N–H and O–H groups in total. The van der Waals surface area contributed by atoms with Crippen molar-refractivity contribution in [2.45, 2.75) is 111 Å². The summed E-state index contributed by atoms with van der Waals surface area (Å²) in [6, 6.07) is 0. The maximum Gasteiger partial charge on any atom is 0.215 e. The van der Waals surface area contributed by atoms with Crippen LogP contribution in [0, 0.1) is 40.4 Å². The van der Waals surface area contributed by atoms with E-state index in [0.29, 0.717) is 11.3 Å². The number of ether oxygens (including phenoxy) is 1. The summed E-state index contributed by atoms with van der Waals surface area (Å²) >= 11 is 0. The maximum atomic E-state index is 10.2. The highest BCUT2D eigenvalue weighted by molar-refractivity contribution is 5.38. The molecule has 0 aromatic carbocycles. The van der Waals surface area contributed by atoms with E-state index in [0.717, 1.165) is 36.5 Å². The van der Waals surface area contributed by atoms with E-state index in [9.17, 15) is 5.11 Å². The number of aliphatic hydroxyl groups is 1. The molecule has 8 unspecified atom stereocenters. The van der Waals surface area contributed by atoms with Gasteiger partial charge < -0.3 is 9.84 Å². The average Bonchev–Trinajstić information content (AvgIpc) is 3.11. The quantitative estimate of drug-likeness (QED) is 0.392. The zero-order valence-electron chi connectivity index (χ0n) is 22.6. The summed E-state index contributed by atoms with van der Waals surface area (Å²) in [5, 5.41) is 10.2. The molecule has 0 aromatic rings. The molecule has 0 amide bonds. The minimum atomic E-state index is -0.803. The molecule has 3 fully saturated rings. The van der Waals surface area contributed by atoms with Crippen LogP contribution in [0.15, 0.2) is 23.3 Å². The van der Waals surface area contributed by atoms with Gasteiger partial charge in [-0.1, -0.05) is 77.2 Å². The van der Waals surface area contributed by atoms with Gasteiger partial charge in [0.05, 0.1) is 6.10 Å². The van der Waals surface area contributed by atoms with E-state index >= 15 is 0 Å². The van der Waals surface area contributed by atoms with Crippen LogP contribution in [0.4, 0.5) is 0 Å². The number of allylic oxidation sites excluding steroid dienone is 3. The van der Waals surface area contributed by atoms with Crippen molar-refractivity contribution in [1.29, 1.82) is 0 Å². The van der Waals surface area contributed by atoms with Gasteiger partial charge in [-0.25, -0.2) is 0 Å². The van der Waals surface area contributed by atoms with Crippen LogP contribution in [0.5, 0.6) is 0 Å². The second kappa shape index (κ2) is 9.78. The summed E-state index contributed by atoms with van der Waals surface area (Å²) < 4.78 is 5.98. The molecule has 4 aliphatic rings. The third-order valence-corrected chi connectivity index (χ3v) is 10.5. The topological polar surface area (TPSA) is 32.7 Å². The molecule has 188 valence electrons. The Kier molecular flexibility index (Phi) is 7.54. The molecule has 3 nitrogen and oxygen atoms in total. The number of aliphatic hydroxyl groups excluding tert-OH is 1. The molecule has 0 heterocycles. The molecule has 33 heavy (non-hydrogen) atoms. The zero-order valence-corrected chi connectivity index (χ0v) is 22.6. The van der Waals surface area contributed by atoms with Crippen LogP contribution in [-0.2, 0) is 4.74 Å². The normalized spacial score (nSPS) is 40.1. The van der Waals surface area contributed by atoms with Crippen molar-refractivity contribution < 1.29 is 9.84 Å². The second-order valence-corrected chi connectivity index (χ2v) is 13.2. The fraction of sp³-hybridized carbons (Fsp3) is 0.867. The van der Waals surface area contributed by atoms with Crippen LogP contribution in [0.2, 0.25) is 0 Å². The average molecular weight is 458 g/mol. The van der Waals surface area contributed by atoms with Gasteiger partial charge in [0.15, 0.2) is 0 Å². The SMILES string of the molecule is CC(C)CCCC(C)C1CCC2C3=CC=C4CC(OC(O)N(C)C)CCC4(C)C3CCC21C. The number of hydrogen-bond donors (Lipinski definition) is 1. The lowest BCUT2D eigenvalue weighted by Crippen LogP contribution is -2.47. The van der Waals surface area contributed by atoms with Gasteiger partial charge in [0.25, 0.3) is 0 Å². The van der Waals surface area contributed by atoms with Crippen molar-refractivity contribution >= 4 is 0 Å². The molecule has 0 aromatic heterocycles. The van der Waals surface area contributed by atoms with Crippen LogP contribution in [0.1, 0.15) is 98.8 Å². The fourth-order valence-corrected chi connectivity index (χ4v) is 8.40. The van der Waals surface area contributed by atoms with Crippen molar-refractivity contribution in [3.63, 3.8) is 0 Å². The Morgan fingerprint density at radius 1 is 1.00 bits per heavy atom. The first kappa shape index (κ1) is 25.5. The van der Waals surface area contributed by atoms with E-state index in [1.165, 1.54) is 51.4 Å². The zero-order chi connectivity index (χ0) is 24.0. The smallest absolute Gasteiger partial charge is 0.215 e. The number of nitrogens with zero attached hydrogens (tertiary/aromatic N) is 1. The Morgan fingerprint density at radius 3 is 2.45 bits per heavy atom. The van der Waals surface area contributed by atoms with Crippen LogP contribution in [-0.4, -0.2) is 36.6 Å². The van der Waals surface area contributed by atoms with E-state index in [4.69, 9.17) is 4.74 Å². The van der Waals surface area contributed by atoms with Gasteiger partial charge in [0.1, 0.15) is 0 Å². The Balaban J connectivity index is 1.48. The summed E-state index contributed by atoms with van der Waals surface area (Å²) in [6.45, 7) is 12.5. The molecular formula is C30H51NO2. The minimum absolute atomic E-state index is 0.132. The summed E-state index contributed by atoms with van der Waals surface area (Å²) in [4.78, 5) is 1.74. The standard InChI is InChI=1S/C30H51NO2/c1-20(2)9-8-10-21(3)25-13-14-26-24-12-11-22-19-23(33-28(32)31(6)7)15-17-29(22,4)27(24)16-18-30(25,26)5/h11-12,20-21,23,25-28,32H,8-10,13-19H2,1-7H3. The molecule has 0 aliphatic heterocycles. The fourth-order valence-electron chi connectivity index (χ4n) is 8.40. The molecule has 3 saturated carbocycles. The molecule has 0 saturated heterocycles. The maximum absolute atomic E-state index is 10.2. The van der Waals surface area contributed by atoms with Gasteiger partial charge in [0.2, 0.25) is 6.41 Å². The van der Waals surface area contributed by atoms with Gasteiger partial charge in [0, 0.05) is 0 Å². The number of fused-ring (bicyclic) bond motifs is 5. The van der Waals surface area contributed by atoms with Crippen LogP contribution < -0.4 is 0 Å². The molecule has 0 bridgehead atoms. The monoisotopic (exact) mass is 457 g/mol. The van der Waals surface area contributed by atoms with Crippen molar-refractivity contribution in [1.82, 2.24) is 4.90 Å². The lowest BCUT2D eigenvalue weighted by molar-refractivity contribution is -0.209. The summed E-state index contributed by atoms with van der Waals surface area (Å²) in [5.41, 5.74) is 4.14. The van der Waals surface area contributed by atoms with Crippen molar-refractivity contribution in [3.8, 4) is 0 Å². The summed E-state index contributed by atoms with van der Waals surface area (Å²) in [6.07, 6.45) is 17.3. The molecule has 0 spiro atoms. The molecular weight excluding hydrogens is 406 g/mol. The van der Waals surface area contributed by atoms with Crippen molar-refractivity contribution in [3.05, 3.63) is 23.3 Å². The first-order valence-corrected chi connectivity index (χ1v) is 14.0. The van der Waals surface area contributed by atoms with E-state index in [2.05, 4.69) is 46.8 Å². The predicted octanol–water partition coefficient (Wildman–Crippen LogP) is 7.17. The molecule has 0 radical (unpaired) electrons. The number of hydrogen-bond acceptors (Lipinski definition) is 3. The first-order chi connectivity index (χ1) is 15.6. The summed E-state index contributed by atoms with van der Waals surface area (Å²) in [7, 11) is 3.73. The third-order valence-electron chi connectivity index (χ3n) is 10.5. The molecule has 4 rings (SSSR count). The van der Waals surface area contributed by atoms with Gasteiger partial charge >= 0.3 is 0 Å². The lowest BCUT2D eigenvalue weighted by atomic mass is 9.50. The molecule has 4 aliphatic carbocycles. The van der Waals surface area contributed by atoms with Gasteiger partial charge in [-0.15, -0.1) is 0 Å². The summed E-state index contributed by atoms with van der Waals surface area (Å²) in [5.74, 6) is 4.09. The van der Waals surface area contributed by atoms with E-state index < -0.39 is 6.41 Å². The third kappa shape index (κ3) is 4.76. The molecule has 8 atom stereocenters. The van der Waals surface area contributed by atoms with Crippen molar-refractivity contribution in [2.24, 2.45) is 40.4 Å². The van der Waals surface area contributed by atoms with Gasteiger partial charge in [-0.2, -0.15) is 0 Å². The molecule has 3 heteroatoms. The Morgan fingerprint density at radius 2 is 1.76 bits per heavy atom. The van der Waals surface area contributed by atoms with E-state index in [1.54, 1.807) is 16.0 Å². The van der Waals surface area contributed by atoms with Gasteiger partial charge in [-0.05, 0) is 99.5 Å². The Hall–Kier alpha value is -0.640. The van der Waals surface area contributed by atoms with Crippen molar-refractivity contribution in [2.75, 3.05) is 14.1 Å².